The van der Waals surface area contributed by atoms with E-state index >= 15 is 0 Å². The van der Waals surface area contributed by atoms with Crippen LogP contribution in [0.25, 0.3) is 0 Å². The predicted octanol–water partition coefficient (Wildman–Crippen LogP) is -1.44. The lowest BCUT2D eigenvalue weighted by atomic mass is 9.90. The number of allylic oxidation sites excluding steroid dienone is 1. The monoisotopic (exact) mass is 424 g/mol. The highest BCUT2D eigenvalue weighted by Gasteiger charge is 2.45. The third-order valence-electron chi connectivity index (χ3n) is 5.06. The Balaban J connectivity index is 1.70. The first-order valence-corrected chi connectivity index (χ1v) is 9.43. The summed E-state index contributed by atoms with van der Waals surface area (Å²) >= 11 is 0. The Labute approximate surface area is 171 Å². The zero-order valence-corrected chi connectivity index (χ0v) is 16.0. The Kier molecular flexibility index (Phi) is 6.86. The van der Waals surface area contributed by atoms with E-state index < -0.39 is 54.7 Å². The number of ether oxygens (including phenoxy) is 3. The molecule has 1 aromatic rings. The lowest BCUT2D eigenvalue weighted by molar-refractivity contribution is -0.277. The highest BCUT2D eigenvalue weighted by molar-refractivity contribution is 6.09. The molecule has 0 amide bonds. The number of Topliss-reactive ketones (excluding diaryl/α,β-unsaturated/α-hetero) is 1. The molecule has 0 spiro atoms. The average molecular weight is 424 g/mol. The summed E-state index contributed by atoms with van der Waals surface area (Å²) in [6, 6.07) is 6.27. The van der Waals surface area contributed by atoms with Crippen molar-refractivity contribution in [3.63, 3.8) is 0 Å². The SMILES string of the molecule is O=C1CCC=CC1(O)C(=O)OCc1ccccc1OC1O[C@H](CO)[C@@H](O)[C@H](O)[C@H]1O. The van der Waals surface area contributed by atoms with Gasteiger partial charge in [0.05, 0.1) is 6.61 Å². The van der Waals surface area contributed by atoms with E-state index in [1.165, 1.54) is 12.1 Å². The van der Waals surface area contributed by atoms with Crippen LogP contribution in [-0.2, 0) is 25.7 Å². The van der Waals surface area contributed by atoms with Crippen LogP contribution in [0, 0.1) is 0 Å². The number of ketones is 1. The summed E-state index contributed by atoms with van der Waals surface area (Å²) in [6.07, 6.45) is -4.20. The maximum absolute atomic E-state index is 12.3. The molecule has 0 bridgehead atoms. The molecule has 6 atom stereocenters. The van der Waals surface area contributed by atoms with E-state index in [0.717, 1.165) is 6.08 Å². The van der Waals surface area contributed by atoms with E-state index in [1.54, 1.807) is 18.2 Å². The van der Waals surface area contributed by atoms with Gasteiger partial charge in [-0.2, -0.15) is 0 Å². The molecule has 1 heterocycles. The third kappa shape index (κ3) is 4.38. The number of aliphatic hydroxyl groups is 5. The Hall–Kier alpha value is -2.34. The van der Waals surface area contributed by atoms with Crippen LogP contribution in [0.4, 0.5) is 0 Å². The summed E-state index contributed by atoms with van der Waals surface area (Å²) in [7, 11) is 0. The molecule has 5 N–H and O–H groups in total. The summed E-state index contributed by atoms with van der Waals surface area (Å²) in [4.78, 5) is 24.2. The molecular weight excluding hydrogens is 400 g/mol. The molecule has 0 saturated carbocycles. The van der Waals surface area contributed by atoms with Crippen molar-refractivity contribution in [1.82, 2.24) is 0 Å². The van der Waals surface area contributed by atoms with Crippen molar-refractivity contribution < 1.29 is 49.3 Å². The molecule has 2 aliphatic rings. The van der Waals surface area contributed by atoms with Crippen molar-refractivity contribution in [3.05, 3.63) is 42.0 Å². The minimum absolute atomic E-state index is 0.0267. The summed E-state index contributed by atoms with van der Waals surface area (Å²) in [5.74, 6) is -1.64. The molecule has 10 heteroatoms. The number of para-hydroxylation sites is 1. The highest BCUT2D eigenvalue weighted by Crippen LogP contribution is 2.28. The summed E-state index contributed by atoms with van der Waals surface area (Å²) in [5, 5.41) is 49.4. The normalized spacial score (nSPS) is 33.9. The minimum atomic E-state index is -2.33. The topological polar surface area (TPSA) is 163 Å². The van der Waals surface area contributed by atoms with Crippen LogP contribution in [0.3, 0.4) is 0 Å². The maximum atomic E-state index is 12.3. The number of aliphatic hydroxyl groups excluding tert-OH is 4. The predicted molar refractivity (Wildman–Crippen MR) is 99.0 cm³/mol. The fourth-order valence-corrected chi connectivity index (χ4v) is 3.21. The van der Waals surface area contributed by atoms with Gasteiger partial charge in [0.2, 0.25) is 11.9 Å². The second-order valence-electron chi connectivity index (χ2n) is 7.13. The van der Waals surface area contributed by atoms with Crippen LogP contribution >= 0.6 is 0 Å². The van der Waals surface area contributed by atoms with E-state index in [4.69, 9.17) is 14.2 Å². The molecule has 0 radical (unpaired) electrons. The second kappa shape index (κ2) is 9.21. The van der Waals surface area contributed by atoms with Crippen molar-refractivity contribution in [2.24, 2.45) is 0 Å². The number of rotatable bonds is 6. The van der Waals surface area contributed by atoms with Gasteiger partial charge in [-0.25, -0.2) is 4.79 Å². The Morgan fingerprint density at radius 3 is 2.60 bits per heavy atom. The van der Waals surface area contributed by atoms with Gasteiger partial charge in [-0.3, -0.25) is 4.79 Å². The number of hydrogen-bond acceptors (Lipinski definition) is 10. The van der Waals surface area contributed by atoms with Gasteiger partial charge in [0.1, 0.15) is 36.8 Å². The first-order chi connectivity index (χ1) is 14.3. The van der Waals surface area contributed by atoms with Gasteiger partial charge in [0, 0.05) is 12.0 Å². The fraction of sp³-hybridized carbons (Fsp3) is 0.500. The van der Waals surface area contributed by atoms with Crippen LogP contribution in [0.2, 0.25) is 0 Å². The number of carbonyl (C=O) groups is 2. The molecule has 1 saturated heterocycles. The van der Waals surface area contributed by atoms with Crippen molar-refractivity contribution in [1.29, 1.82) is 0 Å². The van der Waals surface area contributed by atoms with Gasteiger partial charge in [0.25, 0.3) is 0 Å². The van der Waals surface area contributed by atoms with Crippen molar-refractivity contribution >= 4 is 11.8 Å². The van der Waals surface area contributed by atoms with Gasteiger partial charge < -0.3 is 39.7 Å². The Morgan fingerprint density at radius 1 is 1.17 bits per heavy atom. The number of carbonyl (C=O) groups excluding carboxylic acids is 2. The molecule has 30 heavy (non-hydrogen) atoms. The van der Waals surface area contributed by atoms with Gasteiger partial charge in [0.15, 0.2) is 5.78 Å². The van der Waals surface area contributed by atoms with Crippen LogP contribution in [0.5, 0.6) is 5.75 Å². The largest absolute Gasteiger partial charge is 0.462 e. The molecule has 0 aromatic heterocycles. The van der Waals surface area contributed by atoms with Crippen molar-refractivity contribution in [3.8, 4) is 5.75 Å². The van der Waals surface area contributed by atoms with Crippen molar-refractivity contribution in [2.75, 3.05) is 6.61 Å². The van der Waals surface area contributed by atoms with Crippen LogP contribution < -0.4 is 4.74 Å². The average Bonchev–Trinajstić information content (AvgIpc) is 2.75. The highest BCUT2D eigenvalue weighted by atomic mass is 16.7. The van der Waals surface area contributed by atoms with E-state index in [1.807, 2.05) is 0 Å². The van der Waals surface area contributed by atoms with Gasteiger partial charge >= 0.3 is 5.97 Å². The third-order valence-corrected chi connectivity index (χ3v) is 5.06. The standard InChI is InChI=1S/C20H24O10/c21-9-13-15(23)16(24)17(25)18(30-13)29-12-6-2-1-5-11(12)10-28-19(26)20(27)8-4-3-7-14(20)22/h1-2,4-6,8,13,15-18,21,23-25,27H,3,7,9-10H2/t13-,15-,16+,17-,18?,20?/m1/s1. The van der Waals surface area contributed by atoms with E-state index in [9.17, 15) is 35.1 Å². The fourth-order valence-electron chi connectivity index (χ4n) is 3.21. The maximum Gasteiger partial charge on any atom is 0.350 e. The molecule has 164 valence electrons. The molecule has 3 rings (SSSR count). The summed E-state index contributed by atoms with van der Waals surface area (Å²) < 4.78 is 16.0. The zero-order valence-electron chi connectivity index (χ0n) is 16.0. The minimum Gasteiger partial charge on any atom is -0.462 e. The summed E-state index contributed by atoms with van der Waals surface area (Å²) in [6.45, 7) is -0.958. The first-order valence-electron chi connectivity index (χ1n) is 9.43. The van der Waals surface area contributed by atoms with E-state index in [-0.39, 0.29) is 18.8 Å². The molecule has 10 nitrogen and oxygen atoms in total. The molecule has 1 aliphatic carbocycles. The molecule has 1 fully saturated rings. The number of benzene rings is 1. The quantitative estimate of drug-likeness (QED) is 0.208. The Morgan fingerprint density at radius 2 is 1.90 bits per heavy atom. The van der Waals surface area contributed by atoms with Crippen LogP contribution in [0.1, 0.15) is 18.4 Å². The van der Waals surface area contributed by atoms with Gasteiger partial charge in [-0.15, -0.1) is 0 Å². The number of esters is 1. The smallest absolute Gasteiger partial charge is 0.350 e. The van der Waals surface area contributed by atoms with E-state index in [0.29, 0.717) is 12.0 Å². The number of hydrogen-bond donors (Lipinski definition) is 5. The van der Waals surface area contributed by atoms with E-state index in [2.05, 4.69) is 0 Å². The lowest BCUT2D eigenvalue weighted by Crippen LogP contribution is -2.60. The van der Waals surface area contributed by atoms with Gasteiger partial charge in [-0.05, 0) is 18.6 Å². The zero-order chi connectivity index (χ0) is 21.9. The van der Waals surface area contributed by atoms with Crippen LogP contribution in [0.15, 0.2) is 36.4 Å². The molecule has 2 unspecified atom stereocenters. The summed E-state index contributed by atoms with van der Waals surface area (Å²) in [5.41, 5.74) is -2.00. The first kappa shape index (κ1) is 22.3. The lowest BCUT2D eigenvalue weighted by Gasteiger charge is -2.39. The Bertz CT molecular complexity index is 807. The van der Waals surface area contributed by atoms with Crippen molar-refractivity contribution in [2.45, 2.75) is 55.8 Å². The van der Waals surface area contributed by atoms with Crippen LogP contribution in [-0.4, -0.2) is 80.2 Å². The van der Waals surface area contributed by atoms with Gasteiger partial charge in [-0.1, -0.05) is 24.3 Å². The molecular formula is C20H24O10. The molecule has 1 aliphatic heterocycles. The molecule has 1 aromatic carbocycles. The second-order valence-corrected chi connectivity index (χ2v) is 7.13.